The minimum absolute atomic E-state index is 0.250. The zero-order chi connectivity index (χ0) is 13.6. The van der Waals surface area contributed by atoms with Crippen LogP contribution in [0.2, 0.25) is 6.04 Å². The molecule has 0 atom stereocenters. The van der Waals surface area contributed by atoms with E-state index in [1.165, 1.54) is 0 Å². The van der Waals surface area contributed by atoms with Gasteiger partial charge < -0.3 is 18.4 Å². The Morgan fingerprint density at radius 2 is 1.29 bits per heavy atom. The lowest BCUT2D eigenvalue weighted by Gasteiger charge is -2.28. The molecule has 0 unspecified atom stereocenters. The Balaban J connectivity index is 0. The molecule has 0 spiro atoms. The highest BCUT2D eigenvalue weighted by atomic mass is 32.1. The van der Waals surface area contributed by atoms with Crippen LogP contribution in [0.25, 0.3) is 0 Å². The molecule has 0 rings (SSSR count). The SMILES string of the molecule is CCO.CCO[Si](CCCS)(OCC)OCC. The average molecular weight is 284 g/mol. The Morgan fingerprint density at radius 1 is 0.941 bits per heavy atom. The molecular formula is C11H28O4SSi. The van der Waals surface area contributed by atoms with Crippen molar-refractivity contribution in [1.29, 1.82) is 0 Å². The highest BCUT2D eigenvalue weighted by Crippen LogP contribution is 2.18. The molecule has 106 valence electrons. The maximum absolute atomic E-state index is 7.57. The van der Waals surface area contributed by atoms with Gasteiger partial charge in [0.2, 0.25) is 0 Å². The van der Waals surface area contributed by atoms with Gasteiger partial charge in [-0.25, -0.2) is 0 Å². The van der Waals surface area contributed by atoms with Gasteiger partial charge in [-0.1, -0.05) is 0 Å². The van der Waals surface area contributed by atoms with E-state index in [0.29, 0.717) is 19.8 Å². The van der Waals surface area contributed by atoms with Gasteiger partial charge in [-0.15, -0.1) is 0 Å². The van der Waals surface area contributed by atoms with Gasteiger partial charge in [-0.2, -0.15) is 12.6 Å². The first-order chi connectivity index (χ1) is 8.16. The molecule has 0 fully saturated rings. The second kappa shape index (κ2) is 14.5. The molecule has 0 aromatic carbocycles. The van der Waals surface area contributed by atoms with E-state index in [9.17, 15) is 0 Å². The summed E-state index contributed by atoms with van der Waals surface area (Å²) in [5.74, 6) is 0.849. The molecule has 0 saturated heterocycles. The van der Waals surface area contributed by atoms with Crippen LogP contribution in [0.3, 0.4) is 0 Å². The van der Waals surface area contributed by atoms with Gasteiger partial charge in [0.05, 0.1) is 0 Å². The summed E-state index contributed by atoms with van der Waals surface area (Å²) in [5.41, 5.74) is 0. The van der Waals surface area contributed by atoms with Crippen molar-refractivity contribution < 1.29 is 18.4 Å². The van der Waals surface area contributed by atoms with Crippen LogP contribution in [0.4, 0.5) is 0 Å². The van der Waals surface area contributed by atoms with Crippen molar-refractivity contribution in [3.05, 3.63) is 0 Å². The summed E-state index contributed by atoms with van der Waals surface area (Å²) in [6.07, 6.45) is 0.981. The summed E-state index contributed by atoms with van der Waals surface area (Å²) in [4.78, 5) is 0. The molecule has 0 amide bonds. The molecule has 0 saturated carbocycles. The highest BCUT2D eigenvalue weighted by Gasteiger charge is 2.39. The Labute approximate surface area is 112 Å². The molecule has 1 N–H and O–H groups in total. The Hall–Kier alpha value is 0.407. The monoisotopic (exact) mass is 284 g/mol. The van der Waals surface area contributed by atoms with E-state index >= 15 is 0 Å². The van der Waals surface area contributed by atoms with Crippen molar-refractivity contribution in [3.63, 3.8) is 0 Å². The van der Waals surface area contributed by atoms with E-state index in [-0.39, 0.29) is 6.61 Å². The van der Waals surface area contributed by atoms with Crippen LogP contribution < -0.4 is 0 Å². The summed E-state index contributed by atoms with van der Waals surface area (Å²) < 4.78 is 17.0. The van der Waals surface area contributed by atoms with Gasteiger partial charge in [0.15, 0.2) is 0 Å². The fourth-order valence-electron chi connectivity index (χ4n) is 1.30. The third kappa shape index (κ3) is 11.2. The van der Waals surface area contributed by atoms with Crippen molar-refractivity contribution in [2.24, 2.45) is 0 Å². The molecular weight excluding hydrogens is 256 g/mol. The summed E-state index contributed by atoms with van der Waals surface area (Å²) in [5, 5.41) is 7.57. The zero-order valence-electron chi connectivity index (χ0n) is 11.6. The van der Waals surface area contributed by atoms with Crippen LogP contribution in [-0.4, -0.2) is 46.1 Å². The fraction of sp³-hybridized carbons (Fsp3) is 1.00. The first kappa shape index (κ1) is 19.7. The number of aliphatic hydroxyl groups is 1. The lowest BCUT2D eigenvalue weighted by atomic mass is 10.6. The minimum atomic E-state index is -2.37. The average Bonchev–Trinajstić information content (AvgIpc) is 2.29. The standard InChI is InChI=1S/C9H22O3SSi.C2H6O/c1-4-10-14(11-5-2,12-6-3)9-7-8-13;1-2-3/h13H,4-9H2,1-3H3;3H,2H2,1H3. The molecule has 0 radical (unpaired) electrons. The predicted molar refractivity (Wildman–Crippen MR) is 76.7 cm³/mol. The van der Waals surface area contributed by atoms with E-state index in [1.807, 2.05) is 20.8 Å². The quantitative estimate of drug-likeness (QED) is 0.504. The van der Waals surface area contributed by atoms with Crippen molar-refractivity contribution >= 4 is 21.4 Å². The van der Waals surface area contributed by atoms with Gasteiger partial charge in [-0.05, 0) is 39.9 Å². The molecule has 4 nitrogen and oxygen atoms in total. The van der Waals surface area contributed by atoms with E-state index in [0.717, 1.165) is 18.2 Å². The number of thiol groups is 1. The second-order valence-corrected chi connectivity index (χ2v) is 6.30. The highest BCUT2D eigenvalue weighted by molar-refractivity contribution is 7.80. The zero-order valence-corrected chi connectivity index (χ0v) is 13.5. The lowest BCUT2D eigenvalue weighted by Crippen LogP contribution is -2.46. The van der Waals surface area contributed by atoms with Crippen LogP contribution in [0, 0.1) is 0 Å². The van der Waals surface area contributed by atoms with E-state index in [4.69, 9.17) is 18.4 Å². The summed E-state index contributed by atoms with van der Waals surface area (Å²) in [6.45, 7) is 9.80. The first-order valence-electron chi connectivity index (χ1n) is 6.29. The molecule has 0 aliphatic carbocycles. The molecule has 0 heterocycles. The summed E-state index contributed by atoms with van der Waals surface area (Å²) in [7, 11) is -2.37. The number of aliphatic hydroxyl groups excluding tert-OH is 1. The van der Waals surface area contributed by atoms with Gasteiger partial charge in [0.25, 0.3) is 0 Å². The molecule has 0 aliphatic rings. The maximum Gasteiger partial charge on any atom is 0.500 e. The third-order valence-electron chi connectivity index (χ3n) is 1.73. The lowest BCUT2D eigenvalue weighted by molar-refractivity contribution is 0.0712. The molecule has 0 aromatic heterocycles. The first-order valence-corrected chi connectivity index (χ1v) is 8.86. The summed E-state index contributed by atoms with van der Waals surface area (Å²) in [6, 6.07) is 0.867. The van der Waals surface area contributed by atoms with Crippen LogP contribution >= 0.6 is 12.6 Å². The van der Waals surface area contributed by atoms with Gasteiger partial charge in [0, 0.05) is 32.5 Å². The van der Waals surface area contributed by atoms with Gasteiger partial charge >= 0.3 is 8.80 Å². The van der Waals surface area contributed by atoms with Gasteiger partial charge in [-0.3, -0.25) is 0 Å². The number of hydrogen-bond acceptors (Lipinski definition) is 5. The smallest absolute Gasteiger partial charge is 0.397 e. The maximum atomic E-state index is 7.57. The van der Waals surface area contributed by atoms with Crippen molar-refractivity contribution in [3.8, 4) is 0 Å². The fourth-order valence-corrected chi connectivity index (χ4v) is 4.36. The minimum Gasteiger partial charge on any atom is -0.397 e. The Morgan fingerprint density at radius 3 is 1.53 bits per heavy atom. The predicted octanol–water partition coefficient (Wildman–Crippen LogP) is 2.35. The van der Waals surface area contributed by atoms with Crippen LogP contribution in [-0.2, 0) is 13.3 Å². The van der Waals surface area contributed by atoms with Crippen LogP contribution in [0.5, 0.6) is 0 Å². The molecule has 17 heavy (non-hydrogen) atoms. The molecule has 0 aromatic rings. The Kier molecular flexibility index (Phi) is 16.8. The summed E-state index contributed by atoms with van der Waals surface area (Å²) >= 11 is 4.19. The molecule has 6 heteroatoms. The topological polar surface area (TPSA) is 47.9 Å². The molecule has 0 bridgehead atoms. The van der Waals surface area contributed by atoms with E-state index < -0.39 is 8.80 Å². The van der Waals surface area contributed by atoms with Crippen molar-refractivity contribution in [2.75, 3.05) is 32.2 Å². The van der Waals surface area contributed by atoms with Crippen LogP contribution in [0.1, 0.15) is 34.1 Å². The van der Waals surface area contributed by atoms with E-state index in [1.54, 1.807) is 6.92 Å². The number of rotatable bonds is 9. The van der Waals surface area contributed by atoms with Crippen molar-refractivity contribution in [1.82, 2.24) is 0 Å². The van der Waals surface area contributed by atoms with Crippen molar-refractivity contribution in [2.45, 2.75) is 40.2 Å². The normalized spacial score (nSPS) is 10.9. The Bertz CT molecular complexity index is 132. The second-order valence-electron chi connectivity index (χ2n) is 3.13. The van der Waals surface area contributed by atoms with Gasteiger partial charge in [0.1, 0.15) is 0 Å². The van der Waals surface area contributed by atoms with E-state index in [2.05, 4.69) is 12.6 Å². The third-order valence-corrected chi connectivity index (χ3v) is 5.20. The molecule has 0 aliphatic heterocycles. The van der Waals surface area contributed by atoms with Crippen LogP contribution in [0.15, 0.2) is 0 Å². The number of hydrogen-bond donors (Lipinski definition) is 2. The largest absolute Gasteiger partial charge is 0.500 e.